The predicted molar refractivity (Wildman–Crippen MR) is 79.1 cm³/mol. The molecule has 0 aliphatic heterocycles. The zero-order valence-corrected chi connectivity index (χ0v) is 11.2. The van der Waals surface area contributed by atoms with Crippen molar-refractivity contribution in [2.45, 2.75) is 10.6 Å². The molecule has 0 aliphatic carbocycles. The fourth-order valence-corrected chi connectivity index (χ4v) is 2.76. The molecular formula is C16H16OS. The van der Waals surface area contributed by atoms with Gasteiger partial charge in [0.2, 0.25) is 0 Å². The summed E-state index contributed by atoms with van der Waals surface area (Å²) in [4.78, 5) is 1.26. The number of hydrogen-bond acceptors (Lipinski definition) is 2. The molecule has 1 nitrogen and oxygen atoms in total. The molecule has 0 aliphatic rings. The van der Waals surface area contributed by atoms with Crippen LogP contribution >= 0.6 is 11.8 Å². The standard InChI is InChI=1S/C16H16OS/c1-3-13-8-7-11-16(17-2)15(13)12-18-14-9-5-4-6-10-14/h3-11H,1,12H2,2H3. The topological polar surface area (TPSA) is 9.23 Å². The number of methoxy groups -OCH3 is 1. The lowest BCUT2D eigenvalue weighted by Crippen LogP contribution is -1.93. The van der Waals surface area contributed by atoms with E-state index in [1.165, 1.54) is 10.5 Å². The average Bonchev–Trinajstić information content (AvgIpc) is 2.45. The van der Waals surface area contributed by atoms with Crippen LogP contribution in [-0.2, 0) is 5.75 Å². The molecule has 0 radical (unpaired) electrons. The van der Waals surface area contributed by atoms with Gasteiger partial charge in [-0.2, -0.15) is 0 Å². The van der Waals surface area contributed by atoms with E-state index in [2.05, 4.69) is 36.9 Å². The second-order valence-corrected chi connectivity index (χ2v) is 4.88. The first-order chi connectivity index (χ1) is 8.85. The van der Waals surface area contributed by atoms with E-state index < -0.39 is 0 Å². The summed E-state index contributed by atoms with van der Waals surface area (Å²) in [5.74, 6) is 1.81. The van der Waals surface area contributed by atoms with Gasteiger partial charge in [-0.05, 0) is 23.8 Å². The minimum absolute atomic E-state index is 0.884. The van der Waals surface area contributed by atoms with Gasteiger partial charge in [-0.3, -0.25) is 0 Å². The predicted octanol–water partition coefficient (Wildman–Crippen LogP) is 4.63. The van der Waals surface area contributed by atoms with Gasteiger partial charge >= 0.3 is 0 Å². The van der Waals surface area contributed by atoms with Crippen molar-refractivity contribution in [2.75, 3.05) is 7.11 Å². The van der Waals surface area contributed by atoms with Crippen LogP contribution in [0.3, 0.4) is 0 Å². The molecule has 2 aromatic carbocycles. The summed E-state index contributed by atoms with van der Waals surface area (Å²) in [6.07, 6.45) is 1.88. The molecule has 0 amide bonds. The highest BCUT2D eigenvalue weighted by atomic mass is 32.2. The first kappa shape index (κ1) is 12.8. The molecule has 2 heteroatoms. The maximum absolute atomic E-state index is 5.42. The lowest BCUT2D eigenvalue weighted by Gasteiger charge is -2.11. The number of rotatable bonds is 5. The summed E-state index contributed by atoms with van der Waals surface area (Å²) in [7, 11) is 1.71. The van der Waals surface area contributed by atoms with Crippen molar-refractivity contribution in [3.05, 3.63) is 66.2 Å². The van der Waals surface area contributed by atoms with Crippen molar-refractivity contribution in [1.29, 1.82) is 0 Å². The van der Waals surface area contributed by atoms with Crippen LogP contribution in [-0.4, -0.2) is 7.11 Å². The van der Waals surface area contributed by atoms with Crippen LogP contribution in [0.4, 0.5) is 0 Å². The van der Waals surface area contributed by atoms with E-state index in [4.69, 9.17) is 4.74 Å². The van der Waals surface area contributed by atoms with E-state index in [1.54, 1.807) is 18.9 Å². The first-order valence-electron chi connectivity index (χ1n) is 5.81. The van der Waals surface area contributed by atoms with Crippen molar-refractivity contribution in [3.8, 4) is 5.75 Å². The number of hydrogen-bond donors (Lipinski definition) is 0. The third-order valence-corrected chi connectivity index (χ3v) is 3.77. The molecule has 0 bridgehead atoms. The van der Waals surface area contributed by atoms with Gasteiger partial charge in [0.25, 0.3) is 0 Å². The summed E-state index contributed by atoms with van der Waals surface area (Å²) in [6, 6.07) is 16.4. The van der Waals surface area contributed by atoms with Gasteiger partial charge in [0.05, 0.1) is 7.11 Å². The van der Waals surface area contributed by atoms with Crippen molar-refractivity contribution in [1.82, 2.24) is 0 Å². The van der Waals surface area contributed by atoms with Crippen LogP contribution in [0.25, 0.3) is 6.08 Å². The summed E-state index contributed by atoms with van der Waals surface area (Å²) in [6.45, 7) is 3.86. The van der Waals surface area contributed by atoms with E-state index in [1.807, 2.05) is 24.3 Å². The number of ether oxygens (including phenoxy) is 1. The highest BCUT2D eigenvalue weighted by Gasteiger charge is 2.07. The van der Waals surface area contributed by atoms with Gasteiger partial charge < -0.3 is 4.74 Å². The summed E-state index contributed by atoms with van der Waals surface area (Å²) < 4.78 is 5.42. The second kappa shape index (κ2) is 6.31. The van der Waals surface area contributed by atoms with Gasteiger partial charge in [0.1, 0.15) is 5.75 Å². The average molecular weight is 256 g/mol. The van der Waals surface area contributed by atoms with Crippen molar-refractivity contribution >= 4 is 17.8 Å². The molecule has 0 heterocycles. The zero-order chi connectivity index (χ0) is 12.8. The van der Waals surface area contributed by atoms with Crippen LogP contribution < -0.4 is 4.74 Å². The Morgan fingerprint density at radius 3 is 2.56 bits per heavy atom. The summed E-state index contributed by atoms with van der Waals surface area (Å²) >= 11 is 1.80. The minimum Gasteiger partial charge on any atom is -0.496 e. The maximum Gasteiger partial charge on any atom is 0.123 e. The molecule has 0 aromatic heterocycles. The molecule has 2 rings (SSSR count). The van der Waals surface area contributed by atoms with Crippen molar-refractivity contribution < 1.29 is 4.74 Å². The highest BCUT2D eigenvalue weighted by Crippen LogP contribution is 2.30. The second-order valence-electron chi connectivity index (χ2n) is 3.83. The number of thioether (sulfide) groups is 1. The lowest BCUT2D eigenvalue weighted by atomic mass is 10.1. The largest absolute Gasteiger partial charge is 0.496 e. The quantitative estimate of drug-likeness (QED) is 0.721. The van der Waals surface area contributed by atoms with Crippen LogP contribution in [0.2, 0.25) is 0 Å². The minimum atomic E-state index is 0.884. The van der Waals surface area contributed by atoms with Crippen molar-refractivity contribution in [3.63, 3.8) is 0 Å². The monoisotopic (exact) mass is 256 g/mol. The Hall–Kier alpha value is -1.67. The van der Waals surface area contributed by atoms with Gasteiger partial charge in [0, 0.05) is 16.2 Å². The van der Waals surface area contributed by atoms with E-state index >= 15 is 0 Å². The molecule has 0 unspecified atom stereocenters. The molecular weight excluding hydrogens is 240 g/mol. The van der Waals surface area contributed by atoms with E-state index in [-0.39, 0.29) is 0 Å². The normalized spacial score (nSPS) is 10.1. The fraction of sp³-hybridized carbons (Fsp3) is 0.125. The molecule has 2 aromatic rings. The molecule has 0 N–H and O–H groups in total. The first-order valence-corrected chi connectivity index (χ1v) is 6.80. The zero-order valence-electron chi connectivity index (χ0n) is 10.4. The van der Waals surface area contributed by atoms with Crippen LogP contribution in [0.1, 0.15) is 11.1 Å². The fourth-order valence-electron chi connectivity index (χ4n) is 1.79. The van der Waals surface area contributed by atoms with Crippen LogP contribution in [0.5, 0.6) is 5.75 Å². The van der Waals surface area contributed by atoms with Gasteiger partial charge in [0.15, 0.2) is 0 Å². The molecule has 18 heavy (non-hydrogen) atoms. The molecule has 0 atom stereocenters. The van der Waals surface area contributed by atoms with Gasteiger partial charge in [-0.1, -0.05) is 43.0 Å². The van der Waals surface area contributed by atoms with E-state index in [0.29, 0.717) is 0 Å². The third-order valence-electron chi connectivity index (χ3n) is 2.74. The third kappa shape index (κ3) is 2.96. The lowest BCUT2D eigenvalue weighted by molar-refractivity contribution is 0.411. The molecule has 92 valence electrons. The Labute approximate surface area is 112 Å². The smallest absolute Gasteiger partial charge is 0.123 e. The van der Waals surface area contributed by atoms with Gasteiger partial charge in [-0.25, -0.2) is 0 Å². The number of benzene rings is 2. The molecule has 0 fully saturated rings. The molecule has 0 saturated heterocycles. The van der Waals surface area contributed by atoms with Crippen LogP contribution in [0.15, 0.2) is 60.0 Å². The Balaban J connectivity index is 2.20. The highest BCUT2D eigenvalue weighted by molar-refractivity contribution is 7.98. The molecule has 0 saturated carbocycles. The van der Waals surface area contributed by atoms with Gasteiger partial charge in [-0.15, -0.1) is 11.8 Å². The summed E-state index contributed by atoms with van der Waals surface area (Å²) in [5.41, 5.74) is 2.33. The van der Waals surface area contributed by atoms with E-state index in [0.717, 1.165) is 17.1 Å². The Morgan fingerprint density at radius 1 is 1.11 bits per heavy atom. The maximum atomic E-state index is 5.42. The Bertz CT molecular complexity index is 520. The molecule has 0 spiro atoms. The Morgan fingerprint density at radius 2 is 1.89 bits per heavy atom. The Kier molecular flexibility index (Phi) is 4.48. The van der Waals surface area contributed by atoms with Crippen molar-refractivity contribution in [2.24, 2.45) is 0 Å². The summed E-state index contributed by atoms with van der Waals surface area (Å²) in [5, 5.41) is 0. The van der Waals surface area contributed by atoms with Crippen LogP contribution in [0, 0.1) is 0 Å². The SMILES string of the molecule is C=Cc1cccc(OC)c1CSc1ccccc1. The van der Waals surface area contributed by atoms with E-state index in [9.17, 15) is 0 Å².